The molecule has 0 radical (unpaired) electrons. The Morgan fingerprint density at radius 2 is 1.81 bits per heavy atom. The molecular weight excluding hydrogens is 475 g/mol. The standard InChI is InChI=1S/C28H23FN4O2S/c1-33-15-22(27(35)30-14-16-2-8-20(29)9-3-16)21-12-18(7-11-24(21)33)19-6-10-23-25(13-19)36-28(31-23)32-26(34)17-4-5-17/h2-3,6-13,15,17H,4-5,14H2,1H3,(H,30,35)(H,31,32,34). The summed E-state index contributed by atoms with van der Waals surface area (Å²) in [5.74, 6) is -0.306. The first kappa shape index (κ1) is 22.4. The number of hydrogen-bond acceptors (Lipinski definition) is 4. The zero-order valence-corrected chi connectivity index (χ0v) is 20.4. The minimum absolute atomic E-state index is 0.0500. The van der Waals surface area contributed by atoms with Crippen LogP contribution in [0.15, 0.2) is 66.9 Å². The highest BCUT2D eigenvalue weighted by Gasteiger charge is 2.30. The summed E-state index contributed by atoms with van der Waals surface area (Å²) in [7, 11) is 1.92. The molecule has 6 nitrogen and oxygen atoms in total. The van der Waals surface area contributed by atoms with Crippen molar-refractivity contribution < 1.29 is 14.0 Å². The van der Waals surface area contributed by atoms with E-state index >= 15 is 0 Å². The van der Waals surface area contributed by atoms with E-state index in [1.54, 1.807) is 12.1 Å². The van der Waals surface area contributed by atoms with E-state index in [1.807, 2.05) is 48.1 Å². The van der Waals surface area contributed by atoms with Gasteiger partial charge < -0.3 is 15.2 Å². The van der Waals surface area contributed by atoms with Gasteiger partial charge in [-0.2, -0.15) is 0 Å². The number of fused-ring (bicyclic) bond motifs is 2. The lowest BCUT2D eigenvalue weighted by Gasteiger charge is -2.06. The van der Waals surface area contributed by atoms with E-state index in [1.165, 1.54) is 23.5 Å². The van der Waals surface area contributed by atoms with Crippen molar-refractivity contribution >= 4 is 49.4 Å². The van der Waals surface area contributed by atoms with Gasteiger partial charge in [0.2, 0.25) is 5.91 Å². The Kier molecular flexibility index (Phi) is 5.53. The van der Waals surface area contributed by atoms with Crippen molar-refractivity contribution in [1.29, 1.82) is 0 Å². The Morgan fingerprint density at radius 1 is 1.06 bits per heavy atom. The zero-order valence-electron chi connectivity index (χ0n) is 19.5. The number of nitrogens with one attached hydrogen (secondary N) is 2. The molecule has 1 aliphatic carbocycles. The third kappa shape index (κ3) is 4.35. The summed E-state index contributed by atoms with van der Waals surface area (Å²) < 4.78 is 16.1. The maximum absolute atomic E-state index is 13.2. The van der Waals surface area contributed by atoms with E-state index in [2.05, 4.69) is 21.7 Å². The molecule has 0 saturated heterocycles. The molecule has 3 aromatic carbocycles. The van der Waals surface area contributed by atoms with Crippen molar-refractivity contribution in [3.05, 3.63) is 83.8 Å². The maximum Gasteiger partial charge on any atom is 0.253 e. The van der Waals surface area contributed by atoms with Gasteiger partial charge >= 0.3 is 0 Å². The van der Waals surface area contributed by atoms with Gasteiger partial charge in [-0.1, -0.05) is 35.6 Å². The number of benzene rings is 3. The quantitative estimate of drug-likeness (QED) is 0.307. The van der Waals surface area contributed by atoms with Crippen molar-refractivity contribution in [2.75, 3.05) is 5.32 Å². The molecule has 0 atom stereocenters. The SMILES string of the molecule is Cn1cc(C(=O)NCc2ccc(F)cc2)c2cc(-c3ccc4nc(NC(=O)C5CC5)sc4c3)ccc21. The predicted octanol–water partition coefficient (Wildman–Crippen LogP) is 5.87. The molecular formula is C28H23FN4O2S. The summed E-state index contributed by atoms with van der Waals surface area (Å²) >= 11 is 1.47. The summed E-state index contributed by atoms with van der Waals surface area (Å²) in [6.07, 6.45) is 3.74. The smallest absolute Gasteiger partial charge is 0.253 e. The van der Waals surface area contributed by atoms with Gasteiger partial charge in [0.1, 0.15) is 5.82 Å². The monoisotopic (exact) mass is 498 g/mol. The number of halogens is 1. The number of thiazole rings is 1. The second-order valence-corrected chi connectivity index (χ2v) is 10.2. The van der Waals surface area contributed by atoms with Crippen molar-refractivity contribution in [3.63, 3.8) is 0 Å². The topological polar surface area (TPSA) is 76.0 Å². The average molecular weight is 499 g/mol. The van der Waals surface area contributed by atoms with Crippen LogP contribution in [0.25, 0.3) is 32.2 Å². The third-order valence-electron chi connectivity index (χ3n) is 6.50. The van der Waals surface area contributed by atoms with Crippen LogP contribution < -0.4 is 10.6 Å². The molecule has 0 unspecified atom stereocenters. The summed E-state index contributed by atoms with van der Waals surface area (Å²) in [4.78, 5) is 29.7. The predicted molar refractivity (Wildman–Crippen MR) is 140 cm³/mol. The van der Waals surface area contributed by atoms with Gasteiger partial charge in [-0.15, -0.1) is 0 Å². The maximum atomic E-state index is 13.2. The fourth-order valence-corrected chi connectivity index (χ4v) is 5.25. The molecule has 1 fully saturated rings. The number of nitrogens with zero attached hydrogens (tertiary/aromatic N) is 2. The Labute approximate surface area is 210 Å². The second-order valence-electron chi connectivity index (χ2n) is 9.16. The van der Waals surface area contributed by atoms with Crippen LogP contribution in [0.1, 0.15) is 28.8 Å². The highest BCUT2D eigenvalue weighted by Crippen LogP contribution is 2.35. The normalized spacial score (nSPS) is 13.3. The van der Waals surface area contributed by atoms with Gasteiger partial charge in [0.25, 0.3) is 5.91 Å². The first-order chi connectivity index (χ1) is 17.4. The van der Waals surface area contributed by atoms with Crippen molar-refractivity contribution in [2.24, 2.45) is 13.0 Å². The molecule has 8 heteroatoms. The van der Waals surface area contributed by atoms with E-state index in [-0.39, 0.29) is 23.5 Å². The number of anilines is 1. The van der Waals surface area contributed by atoms with E-state index in [0.717, 1.165) is 50.7 Å². The minimum Gasteiger partial charge on any atom is -0.350 e. The highest BCUT2D eigenvalue weighted by atomic mass is 32.1. The molecule has 2 aromatic heterocycles. The largest absolute Gasteiger partial charge is 0.350 e. The Hall–Kier alpha value is -4.04. The molecule has 2 amide bonds. The van der Waals surface area contributed by atoms with Gasteiger partial charge in [0.15, 0.2) is 5.13 Å². The van der Waals surface area contributed by atoms with Gasteiger partial charge in [-0.25, -0.2) is 9.37 Å². The van der Waals surface area contributed by atoms with E-state index in [9.17, 15) is 14.0 Å². The number of aryl methyl sites for hydroxylation is 1. The van der Waals surface area contributed by atoms with Crippen molar-refractivity contribution in [1.82, 2.24) is 14.9 Å². The van der Waals surface area contributed by atoms with Gasteiger partial charge in [-0.3, -0.25) is 9.59 Å². The Morgan fingerprint density at radius 3 is 2.58 bits per heavy atom. The molecule has 0 bridgehead atoms. The fraction of sp³-hybridized carbons (Fsp3) is 0.179. The molecule has 1 saturated carbocycles. The van der Waals surface area contributed by atoms with Gasteiger partial charge in [-0.05, 0) is 65.9 Å². The van der Waals surface area contributed by atoms with Crippen LogP contribution >= 0.6 is 11.3 Å². The molecule has 0 spiro atoms. The van der Waals surface area contributed by atoms with Crippen LogP contribution in [0.2, 0.25) is 0 Å². The molecule has 6 rings (SSSR count). The van der Waals surface area contributed by atoms with E-state index in [0.29, 0.717) is 17.2 Å². The number of rotatable bonds is 6. The number of carbonyl (C=O) groups is 2. The molecule has 180 valence electrons. The number of aromatic nitrogens is 2. The fourth-order valence-electron chi connectivity index (χ4n) is 4.34. The Bertz CT molecular complexity index is 1630. The summed E-state index contributed by atoms with van der Waals surface area (Å²) in [5, 5.41) is 7.34. The molecule has 2 N–H and O–H groups in total. The summed E-state index contributed by atoms with van der Waals surface area (Å²) in [6.45, 7) is 0.316. The van der Waals surface area contributed by atoms with E-state index < -0.39 is 0 Å². The van der Waals surface area contributed by atoms with E-state index in [4.69, 9.17) is 0 Å². The molecule has 0 aliphatic heterocycles. The lowest BCUT2D eigenvalue weighted by molar-refractivity contribution is -0.117. The lowest BCUT2D eigenvalue weighted by Crippen LogP contribution is -2.22. The van der Waals surface area contributed by atoms with Crippen LogP contribution in [0.4, 0.5) is 9.52 Å². The summed E-state index contributed by atoms with van der Waals surface area (Å²) in [6, 6.07) is 18.2. The lowest BCUT2D eigenvalue weighted by atomic mass is 10.0. The first-order valence-corrected chi connectivity index (χ1v) is 12.6. The van der Waals surface area contributed by atoms with Crippen molar-refractivity contribution in [3.8, 4) is 11.1 Å². The number of carbonyl (C=O) groups excluding carboxylic acids is 2. The second kappa shape index (κ2) is 8.87. The van der Waals surface area contributed by atoms with Crippen LogP contribution in [0, 0.1) is 11.7 Å². The molecule has 36 heavy (non-hydrogen) atoms. The number of hydrogen-bond donors (Lipinski definition) is 2. The van der Waals surface area contributed by atoms with Gasteiger partial charge in [0.05, 0.1) is 15.8 Å². The minimum atomic E-state index is -0.303. The van der Waals surface area contributed by atoms with Crippen LogP contribution in [-0.4, -0.2) is 21.4 Å². The molecule has 1 aliphatic rings. The van der Waals surface area contributed by atoms with Crippen molar-refractivity contribution in [2.45, 2.75) is 19.4 Å². The summed E-state index contributed by atoms with van der Waals surface area (Å²) in [5.41, 5.74) is 5.21. The molecule has 5 aromatic rings. The zero-order chi connectivity index (χ0) is 24.8. The highest BCUT2D eigenvalue weighted by molar-refractivity contribution is 7.22. The van der Waals surface area contributed by atoms with Crippen LogP contribution in [-0.2, 0) is 18.4 Å². The molecule has 2 heterocycles. The number of amides is 2. The van der Waals surface area contributed by atoms with Crippen LogP contribution in [0.3, 0.4) is 0 Å². The average Bonchev–Trinajstić information content (AvgIpc) is 3.58. The van der Waals surface area contributed by atoms with Gasteiger partial charge in [0, 0.05) is 36.6 Å². The third-order valence-corrected chi connectivity index (χ3v) is 7.43. The first-order valence-electron chi connectivity index (χ1n) is 11.8. The van der Waals surface area contributed by atoms with Crippen LogP contribution in [0.5, 0.6) is 0 Å². The Balaban J connectivity index is 1.27.